The summed E-state index contributed by atoms with van der Waals surface area (Å²) in [4.78, 5) is 7.94. The van der Waals surface area contributed by atoms with E-state index in [1.807, 2.05) is 59.1 Å². The first-order valence-corrected chi connectivity index (χ1v) is 24.5. The number of halogens is 4. The molecular weight excluding hydrogens is 861 g/mol. The van der Waals surface area contributed by atoms with E-state index in [4.69, 9.17) is 14.2 Å². The molecule has 1 aromatic heterocycles. The van der Waals surface area contributed by atoms with Crippen LogP contribution in [-0.4, -0.2) is 42.2 Å². The van der Waals surface area contributed by atoms with Gasteiger partial charge in [-0.2, -0.15) is 0 Å². The van der Waals surface area contributed by atoms with Crippen molar-refractivity contribution in [3.05, 3.63) is 164 Å². The second-order valence-corrected chi connectivity index (χ2v) is 19.4. The first-order valence-electron chi connectivity index (χ1n) is 24.5. The number of ether oxygens (including phenoxy) is 3. The highest BCUT2D eigenvalue weighted by atomic mass is 19.1. The van der Waals surface area contributed by atoms with Gasteiger partial charge in [0, 0.05) is 30.5 Å². The predicted molar refractivity (Wildman–Crippen MR) is 276 cm³/mol. The van der Waals surface area contributed by atoms with Gasteiger partial charge in [0.1, 0.15) is 29.1 Å². The van der Waals surface area contributed by atoms with E-state index in [2.05, 4.69) is 82.7 Å². The number of aromatic nitrogens is 2. The highest BCUT2D eigenvalue weighted by Gasteiger charge is 2.15. The summed E-state index contributed by atoms with van der Waals surface area (Å²) in [5, 5.41) is 0. The molecule has 5 aromatic rings. The number of aryl methyl sites for hydroxylation is 9. The lowest BCUT2D eigenvalue weighted by atomic mass is 9.84. The summed E-state index contributed by atoms with van der Waals surface area (Å²) in [7, 11) is 0. The fraction of sp³-hybridized carbons (Fsp3) is 0.525. The van der Waals surface area contributed by atoms with Crippen molar-refractivity contribution in [2.75, 3.05) is 19.8 Å². The lowest BCUT2D eigenvalue weighted by Crippen LogP contribution is -2.27. The third kappa shape index (κ3) is 29.4. The molecular formula is C59H86F4N2O3. The van der Waals surface area contributed by atoms with E-state index in [0.29, 0.717) is 28.7 Å². The van der Waals surface area contributed by atoms with Gasteiger partial charge >= 0.3 is 0 Å². The molecule has 2 atom stereocenters. The van der Waals surface area contributed by atoms with Crippen molar-refractivity contribution >= 4 is 0 Å². The Morgan fingerprint density at radius 3 is 1.04 bits per heavy atom. The van der Waals surface area contributed by atoms with Crippen LogP contribution in [-0.2, 0) is 14.2 Å². The maximum absolute atomic E-state index is 12.6. The minimum absolute atomic E-state index is 0.0196. The van der Waals surface area contributed by atoms with Crippen LogP contribution in [0, 0.1) is 116 Å². The molecule has 9 heteroatoms. The maximum Gasteiger partial charge on any atom is 0.154 e. The molecule has 2 saturated heterocycles. The average Bonchev–Trinajstić information content (AvgIpc) is 3.29. The Labute approximate surface area is 409 Å². The van der Waals surface area contributed by atoms with Crippen molar-refractivity contribution in [3.8, 4) is 0 Å². The lowest BCUT2D eigenvalue weighted by Gasteiger charge is -2.24. The van der Waals surface area contributed by atoms with Crippen LogP contribution in [0.4, 0.5) is 17.6 Å². The molecule has 0 amide bonds. The van der Waals surface area contributed by atoms with Gasteiger partial charge in [-0.1, -0.05) is 113 Å². The van der Waals surface area contributed by atoms with Crippen LogP contribution in [0.2, 0.25) is 0 Å². The highest BCUT2D eigenvalue weighted by molar-refractivity contribution is 5.24. The smallest absolute Gasteiger partial charge is 0.154 e. The van der Waals surface area contributed by atoms with Crippen LogP contribution in [0.5, 0.6) is 0 Å². The molecule has 1 aliphatic carbocycles. The largest absolute Gasteiger partial charge is 0.378 e. The molecule has 3 fully saturated rings. The van der Waals surface area contributed by atoms with E-state index in [0.717, 1.165) is 60.1 Å². The third-order valence-corrected chi connectivity index (χ3v) is 11.5. The monoisotopic (exact) mass is 947 g/mol. The van der Waals surface area contributed by atoms with Gasteiger partial charge in [-0.3, -0.25) is 0 Å². The van der Waals surface area contributed by atoms with Gasteiger partial charge in [0.25, 0.3) is 0 Å². The molecule has 2 aliphatic heterocycles. The zero-order chi connectivity index (χ0) is 51.3. The third-order valence-electron chi connectivity index (χ3n) is 11.5. The summed E-state index contributed by atoms with van der Waals surface area (Å²) in [6.45, 7) is 34.2. The second kappa shape index (κ2) is 34.0. The van der Waals surface area contributed by atoms with Crippen LogP contribution < -0.4 is 0 Å². The predicted octanol–water partition coefficient (Wildman–Crippen LogP) is 16.5. The fourth-order valence-electron chi connectivity index (χ4n) is 6.40. The first-order chi connectivity index (χ1) is 31.9. The Hall–Kier alpha value is -4.44. The Bertz CT molecular complexity index is 1850. The van der Waals surface area contributed by atoms with Crippen LogP contribution in [0.15, 0.2) is 85.2 Å². The van der Waals surface area contributed by atoms with Crippen molar-refractivity contribution in [1.29, 1.82) is 0 Å². The molecule has 4 aromatic carbocycles. The van der Waals surface area contributed by atoms with E-state index in [1.54, 1.807) is 32.9 Å². The Morgan fingerprint density at radius 1 is 0.382 bits per heavy atom. The van der Waals surface area contributed by atoms with E-state index in [9.17, 15) is 17.6 Å². The van der Waals surface area contributed by atoms with Gasteiger partial charge in [0.05, 0.1) is 19.3 Å². The number of hydrogen-bond acceptors (Lipinski definition) is 5. The zero-order valence-corrected chi connectivity index (χ0v) is 44.5. The van der Waals surface area contributed by atoms with Crippen LogP contribution in [0.1, 0.15) is 136 Å². The Kier molecular flexibility index (Phi) is 30.7. The summed E-state index contributed by atoms with van der Waals surface area (Å²) in [6.07, 6.45) is 12.6. The summed E-state index contributed by atoms with van der Waals surface area (Å²) < 4.78 is 66.1. The maximum atomic E-state index is 12.6. The molecule has 0 bridgehead atoms. The molecule has 0 N–H and O–H groups in total. The van der Waals surface area contributed by atoms with E-state index >= 15 is 0 Å². The van der Waals surface area contributed by atoms with Gasteiger partial charge in [0.15, 0.2) is 6.29 Å². The Balaban J connectivity index is 0.000000389. The molecule has 8 rings (SSSR count). The Morgan fingerprint density at radius 2 is 0.735 bits per heavy atom. The summed E-state index contributed by atoms with van der Waals surface area (Å²) in [6, 6.07) is 21.6. The number of nitrogens with zero attached hydrogens (tertiary/aromatic N) is 2. The standard InChI is InChI=1S/C8H8F2.2C8H9F.C8H16.C8H10.C7H14O.C6H8N2.C6H12O2/c1-5-3-7(9)6(2)8(10)4-5;2*1-6-3-4-7(2)8(9)5-6;2*1-7-3-5-8(2)6-4-7;1-6-3-4-7(2)8-5-6;2*1-5-3-7-6(2)8-4-5/h3-4H,1-2H3;2*3-5H,1-2H3;7-8H,3-6H2,1-2H3;3-6H,1-2H3;6-7H,3-5H2,1-2H3;3-4H,1-2H3;5-6H,3-4H2,1-2H3. The second-order valence-electron chi connectivity index (χ2n) is 19.4. The number of hydrogen-bond donors (Lipinski definition) is 0. The molecule has 5 nitrogen and oxygen atoms in total. The van der Waals surface area contributed by atoms with E-state index < -0.39 is 11.6 Å². The molecule has 3 aliphatic rings. The summed E-state index contributed by atoms with van der Waals surface area (Å²) >= 11 is 0. The van der Waals surface area contributed by atoms with Crippen LogP contribution >= 0.6 is 0 Å². The minimum Gasteiger partial charge on any atom is -0.378 e. The normalized spacial score (nSPS) is 20.2. The SMILES string of the molecule is CC1CCC(C)CC1.CC1CCC(C)OC1.CC1COC(C)OC1.Cc1cc(F)c(C)c(F)c1.Cc1ccc(C)c(F)c1.Cc1ccc(C)c(F)c1.Cc1ccc(C)cc1.Cc1cnc(C)nc1. The summed E-state index contributed by atoms with van der Waals surface area (Å²) in [5.41, 5.74) is 7.82. The van der Waals surface area contributed by atoms with Crippen LogP contribution in [0.3, 0.4) is 0 Å². The topological polar surface area (TPSA) is 53.5 Å². The number of rotatable bonds is 0. The molecule has 1 saturated carbocycles. The van der Waals surface area contributed by atoms with Crippen molar-refractivity contribution in [2.24, 2.45) is 23.7 Å². The lowest BCUT2D eigenvalue weighted by molar-refractivity contribution is -0.187. The zero-order valence-electron chi connectivity index (χ0n) is 44.5. The van der Waals surface area contributed by atoms with Crippen LogP contribution in [0.25, 0.3) is 0 Å². The van der Waals surface area contributed by atoms with Gasteiger partial charge in [0.2, 0.25) is 0 Å². The van der Waals surface area contributed by atoms with Gasteiger partial charge in [-0.15, -0.1) is 0 Å². The quantitative estimate of drug-likeness (QED) is 0.145. The molecule has 0 radical (unpaired) electrons. The van der Waals surface area contributed by atoms with Gasteiger partial charge in [-0.05, 0) is 171 Å². The molecule has 0 spiro atoms. The summed E-state index contributed by atoms with van der Waals surface area (Å²) in [5.74, 6) is 3.06. The number of benzene rings is 4. The molecule has 378 valence electrons. The molecule has 2 unspecified atom stereocenters. The van der Waals surface area contributed by atoms with Gasteiger partial charge < -0.3 is 14.2 Å². The van der Waals surface area contributed by atoms with Crippen molar-refractivity contribution in [2.45, 2.75) is 162 Å². The highest BCUT2D eigenvalue weighted by Crippen LogP contribution is 2.27. The first kappa shape index (κ1) is 61.6. The minimum atomic E-state index is -0.475. The van der Waals surface area contributed by atoms with Gasteiger partial charge in [-0.25, -0.2) is 27.5 Å². The fourth-order valence-corrected chi connectivity index (χ4v) is 6.40. The van der Waals surface area contributed by atoms with E-state index in [1.165, 1.54) is 80.8 Å². The average molecular weight is 947 g/mol. The molecule has 3 heterocycles. The molecule has 68 heavy (non-hydrogen) atoms. The van der Waals surface area contributed by atoms with E-state index in [-0.39, 0.29) is 23.5 Å². The van der Waals surface area contributed by atoms with Crippen molar-refractivity contribution < 1.29 is 31.8 Å². The van der Waals surface area contributed by atoms with Crippen molar-refractivity contribution in [1.82, 2.24) is 9.97 Å². The van der Waals surface area contributed by atoms with Crippen molar-refractivity contribution in [3.63, 3.8) is 0 Å².